The minimum absolute atomic E-state index is 0.0613. The maximum atomic E-state index is 12.6. The van der Waals surface area contributed by atoms with Crippen LogP contribution in [0.1, 0.15) is 31.0 Å². The van der Waals surface area contributed by atoms with Gasteiger partial charge in [0.1, 0.15) is 5.52 Å². The van der Waals surface area contributed by atoms with Crippen molar-refractivity contribution in [1.29, 1.82) is 0 Å². The van der Waals surface area contributed by atoms with E-state index in [1.54, 1.807) is 4.90 Å². The Morgan fingerprint density at radius 3 is 3.00 bits per heavy atom. The Kier molecular flexibility index (Phi) is 3.68. The second-order valence-corrected chi connectivity index (χ2v) is 5.42. The zero-order valence-electron chi connectivity index (χ0n) is 12.0. The van der Waals surface area contributed by atoms with E-state index < -0.39 is 0 Å². The summed E-state index contributed by atoms with van der Waals surface area (Å²) in [6.07, 6.45) is 2.28. The highest BCUT2D eigenvalue weighted by atomic mass is 16.2. The highest BCUT2D eigenvalue weighted by molar-refractivity contribution is 5.94. The molecule has 6 heteroatoms. The highest BCUT2D eigenvalue weighted by Crippen LogP contribution is 2.21. The molecule has 1 saturated heterocycles. The summed E-state index contributed by atoms with van der Waals surface area (Å²) in [6, 6.07) is 7.35. The van der Waals surface area contributed by atoms with Gasteiger partial charge in [0.05, 0.1) is 11.4 Å². The molecule has 110 valence electrons. The first-order valence-corrected chi connectivity index (χ1v) is 7.33. The number of unbranched alkanes of at least 4 members (excludes halogenated alkanes) is 1. The van der Waals surface area contributed by atoms with Gasteiger partial charge in [0.2, 0.25) is 5.91 Å². The Balaban J connectivity index is 1.78. The van der Waals surface area contributed by atoms with Crippen LogP contribution in [0.15, 0.2) is 24.3 Å². The van der Waals surface area contributed by atoms with Crippen LogP contribution in [0.4, 0.5) is 0 Å². The summed E-state index contributed by atoms with van der Waals surface area (Å²) >= 11 is 0. The van der Waals surface area contributed by atoms with Crippen molar-refractivity contribution in [2.24, 2.45) is 5.92 Å². The normalized spacial score (nSPS) is 18.6. The summed E-state index contributed by atoms with van der Waals surface area (Å²) in [5.74, 6) is -0.401. The van der Waals surface area contributed by atoms with Gasteiger partial charge in [0.15, 0.2) is 0 Å². The fourth-order valence-electron chi connectivity index (χ4n) is 2.71. The quantitative estimate of drug-likeness (QED) is 0.858. The zero-order chi connectivity index (χ0) is 14.8. The smallest absolute Gasteiger partial charge is 0.254 e. The highest BCUT2D eigenvalue weighted by Gasteiger charge is 2.35. The molecule has 2 aromatic rings. The number of fused-ring (bicyclic) bond motifs is 1. The molecule has 3 rings (SSSR count). The van der Waals surface area contributed by atoms with Crippen molar-refractivity contribution in [2.75, 3.05) is 13.1 Å². The number of aromatic nitrogens is 3. The molecule has 1 atom stereocenters. The Hall–Kier alpha value is -2.24. The van der Waals surface area contributed by atoms with Crippen molar-refractivity contribution in [3.63, 3.8) is 0 Å². The number of para-hydroxylation sites is 1. The SMILES string of the molecule is CCCCN1C[C@H](C(=O)n2nnc3ccccc32)CC1=O. The number of likely N-dealkylation sites (tertiary alicyclic amines) is 1. The lowest BCUT2D eigenvalue weighted by Crippen LogP contribution is -2.29. The fourth-order valence-corrected chi connectivity index (χ4v) is 2.71. The van der Waals surface area contributed by atoms with Gasteiger partial charge in [0.25, 0.3) is 5.91 Å². The van der Waals surface area contributed by atoms with Crippen LogP contribution in [0, 0.1) is 5.92 Å². The molecule has 0 bridgehead atoms. The molecular formula is C15H18N4O2. The number of carbonyl (C=O) groups is 2. The summed E-state index contributed by atoms with van der Waals surface area (Å²) in [5, 5.41) is 7.93. The lowest BCUT2D eigenvalue weighted by atomic mass is 10.1. The van der Waals surface area contributed by atoms with Crippen LogP contribution < -0.4 is 0 Å². The van der Waals surface area contributed by atoms with E-state index in [-0.39, 0.29) is 24.2 Å². The molecule has 2 heterocycles. The summed E-state index contributed by atoms with van der Waals surface area (Å²) in [5.41, 5.74) is 1.39. The molecule has 6 nitrogen and oxygen atoms in total. The molecule has 1 aromatic carbocycles. The predicted octanol–water partition coefficient (Wildman–Crippen LogP) is 1.72. The van der Waals surface area contributed by atoms with Gasteiger partial charge in [-0.1, -0.05) is 30.7 Å². The van der Waals surface area contributed by atoms with Crippen molar-refractivity contribution in [3.05, 3.63) is 24.3 Å². The Morgan fingerprint density at radius 2 is 2.19 bits per heavy atom. The van der Waals surface area contributed by atoms with Gasteiger partial charge in [0, 0.05) is 19.5 Å². The summed E-state index contributed by atoms with van der Waals surface area (Å²) < 4.78 is 1.33. The third-order valence-electron chi connectivity index (χ3n) is 3.91. The van der Waals surface area contributed by atoms with E-state index in [1.165, 1.54) is 4.68 Å². The molecule has 1 fully saturated rings. The third-order valence-corrected chi connectivity index (χ3v) is 3.91. The third kappa shape index (κ3) is 2.53. The van der Waals surface area contributed by atoms with Gasteiger partial charge in [-0.15, -0.1) is 5.10 Å². The van der Waals surface area contributed by atoms with Crippen LogP contribution in [0.5, 0.6) is 0 Å². The van der Waals surface area contributed by atoms with Gasteiger partial charge >= 0.3 is 0 Å². The topological polar surface area (TPSA) is 68.1 Å². The minimum Gasteiger partial charge on any atom is -0.342 e. The van der Waals surface area contributed by atoms with Crippen LogP contribution in [-0.2, 0) is 4.79 Å². The Morgan fingerprint density at radius 1 is 1.38 bits per heavy atom. The standard InChI is InChI=1S/C15H18N4O2/c1-2-3-8-18-10-11(9-14(18)20)15(21)19-13-7-5-4-6-12(13)16-17-19/h4-7,11H,2-3,8-10H2,1H3/t11-/m1/s1. The molecule has 1 aromatic heterocycles. The van der Waals surface area contributed by atoms with E-state index in [0.29, 0.717) is 17.6 Å². The number of carbonyl (C=O) groups excluding carboxylic acids is 2. The van der Waals surface area contributed by atoms with E-state index in [2.05, 4.69) is 17.2 Å². The molecule has 1 amide bonds. The molecule has 1 aliphatic heterocycles. The molecule has 0 unspecified atom stereocenters. The first kappa shape index (κ1) is 13.7. The average molecular weight is 286 g/mol. The van der Waals surface area contributed by atoms with Crippen LogP contribution in [0.25, 0.3) is 11.0 Å². The number of rotatable bonds is 4. The molecule has 0 saturated carbocycles. The van der Waals surface area contributed by atoms with Crippen molar-refractivity contribution < 1.29 is 9.59 Å². The van der Waals surface area contributed by atoms with Crippen molar-refractivity contribution in [1.82, 2.24) is 19.9 Å². The van der Waals surface area contributed by atoms with E-state index >= 15 is 0 Å². The lowest BCUT2D eigenvalue weighted by molar-refractivity contribution is -0.127. The van der Waals surface area contributed by atoms with Gasteiger partial charge in [-0.2, -0.15) is 4.68 Å². The summed E-state index contributed by atoms with van der Waals surface area (Å²) in [7, 11) is 0. The minimum atomic E-state index is -0.320. The first-order valence-electron chi connectivity index (χ1n) is 7.33. The number of hydrogen-bond acceptors (Lipinski definition) is 4. The molecule has 0 N–H and O–H groups in total. The summed E-state index contributed by atoms with van der Waals surface area (Å²) in [4.78, 5) is 26.3. The molecule has 0 spiro atoms. The molecule has 0 aliphatic carbocycles. The van der Waals surface area contributed by atoms with Gasteiger partial charge in [-0.3, -0.25) is 9.59 Å². The van der Waals surface area contributed by atoms with E-state index in [4.69, 9.17) is 0 Å². The first-order chi connectivity index (χ1) is 10.2. The molecular weight excluding hydrogens is 268 g/mol. The largest absolute Gasteiger partial charge is 0.342 e. The number of nitrogens with zero attached hydrogens (tertiary/aromatic N) is 4. The monoisotopic (exact) mass is 286 g/mol. The Bertz CT molecular complexity index is 679. The molecule has 0 radical (unpaired) electrons. The van der Waals surface area contributed by atoms with Gasteiger partial charge in [-0.25, -0.2) is 0 Å². The fraction of sp³-hybridized carbons (Fsp3) is 0.467. The predicted molar refractivity (Wildman–Crippen MR) is 77.7 cm³/mol. The zero-order valence-corrected chi connectivity index (χ0v) is 12.0. The molecule has 1 aliphatic rings. The second kappa shape index (κ2) is 5.63. The van der Waals surface area contributed by atoms with Gasteiger partial charge < -0.3 is 4.90 Å². The van der Waals surface area contributed by atoms with E-state index in [0.717, 1.165) is 19.4 Å². The maximum Gasteiger partial charge on any atom is 0.254 e. The van der Waals surface area contributed by atoms with E-state index in [9.17, 15) is 9.59 Å². The lowest BCUT2D eigenvalue weighted by Gasteiger charge is -2.15. The van der Waals surface area contributed by atoms with Crippen molar-refractivity contribution in [3.8, 4) is 0 Å². The van der Waals surface area contributed by atoms with Crippen molar-refractivity contribution >= 4 is 22.8 Å². The number of benzene rings is 1. The molecule has 21 heavy (non-hydrogen) atoms. The maximum absolute atomic E-state index is 12.6. The Labute approximate surface area is 122 Å². The van der Waals surface area contributed by atoms with Gasteiger partial charge in [-0.05, 0) is 18.6 Å². The van der Waals surface area contributed by atoms with Crippen LogP contribution in [0.2, 0.25) is 0 Å². The number of hydrogen-bond donors (Lipinski definition) is 0. The van der Waals surface area contributed by atoms with E-state index in [1.807, 2.05) is 24.3 Å². The van der Waals surface area contributed by atoms with Crippen LogP contribution >= 0.6 is 0 Å². The van der Waals surface area contributed by atoms with Crippen LogP contribution in [0.3, 0.4) is 0 Å². The second-order valence-electron chi connectivity index (χ2n) is 5.42. The summed E-state index contributed by atoms with van der Waals surface area (Å²) in [6.45, 7) is 3.31. The average Bonchev–Trinajstić information content (AvgIpc) is 3.08. The van der Waals surface area contributed by atoms with Crippen molar-refractivity contribution in [2.45, 2.75) is 26.2 Å². The van der Waals surface area contributed by atoms with Crippen LogP contribution in [-0.4, -0.2) is 44.8 Å². The number of amides is 1.